The molecule has 0 spiro atoms. The molecular weight excluding hydrogens is 264 g/mol. The molecule has 0 fully saturated rings. The summed E-state index contributed by atoms with van der Waals surface area (Å²) < 4.78 is 5.26. The summed E-state index contributed by atoms with van der Waals surface area (Å²) in [7, 11) is 1.61. The summed E-state index contributed by atoms with van der Waals surface area (Å²) in [5.74, 6) is 0.582. The average Bonchev–Trinajstić information content (AvgIpc) is 2.97. The van der Waals surface area contributed by atoms with Gasteiger partial charge in [0, 0.05) is 11.6 Å². The lowest BCUT2D eigenvalue weighted by atomic mass is 10.1. The van der Waals surface area contributed by atoms with E-state index in [1.807, 2.05) is 42.5 Å². The molecule has 5 nitrogen and oxygen atoms in total. The molecule has 4 rings (SSSR count). The highest BCUT2D eigenvalue weighted by Crippen LogP contribution is 2.28. The Morgan fingerprint density at radius 1 is 1.00 bits per heavy atom. The number of methoxy groups -OCH3 is 1. The van der Waals surface area contributed by atoms with E-state index >= 15 is 0 Å². The zero-order chi connectivity index (χ0) is 14.2. The van der Waals surface area contributed by atoms with Crippen molar-refractivity contribution in [3.8, 4) is 17.3 Å². The molecular formula is C16H12N4O. The number of rotatable bonds is 2. The predicted octanol–water partition coefficient (Wildman–Crippen LogP) is 3.18. The number of pyridine rings is 2. The van der Waals surface area contributed by atoms with E-state index in [-0.39, 0.29) is 0 Å². The highest BCUT2D eigenvalue weighted by Gasteiger charge is 2.11. The summed E-state index contributed by atoms with van der Waals surface area (Å²) in [4.78, 5) is 8.86. The minimum Gasteiger partial charge on any atom is -0.481 e. The van der Waals surface area contributed by atoms with E-state index in [2.05, 4.69) is 20.2 Å². The van der Waals surface area contributed by atoms with Crippen molar-refractivity contribution in [3.05, 3.63) is 48.7 Å². The predicted molar refractivity (Wildman–Crippen MR) is 81.2 cm³/mol. The molecule has 0 aliphatic rings. The Morgan fingerprint density at radius 2 is 1.90 bits per heavy atom. The molecule has 21 heavy (non-hydrogen) atoms. The molecule has 0 aliphatic carbocycles. The Balaban J connectivity index is 1.95. The van der Waals surface area contributed by atoms with E-state index in [9.17, 15) is 0 Å². The smallest absolute Gasteiger partial charge is 0.222 e. The van der Waals surface area contributed by atoms with Crippen LogP contribution >= 0.6 is 0 Å². The van der Waals surface area contributed by atoms with Crippen molar-refractivity contribution >= 4 is 21.8 Å². The summed E-state index contributed by atoms with van der Waals surface area (Å²) in [6, 6.07) is 13.8. The van der Waals surface area contributed by atoms with Crippen molar-refractivity contribution in [1.29, 1.82) is 0 Å². The van der Waals surface area contributed by atoms with Gasteiger partial charge in [-0.05, 0) is 24.3 Å². The maximum Gasteiger partial charge on any atom is 0.222 e. The zero-order valence-corrected chi connectivity index (χ0v) is 11.4. The summed E-state index contributed by atoms with van der Waals surface area (Å²) in [6.45, 7) is 0. The van der Waals surface area contributed by atoms with E-state index in [0.29, 0.717) is 5.88 Å². The van der Waals surface area contributed by atoms with Crippen LogP contribution in [0.4, 0.5) is 0 Å². The number of para-hydroxylation sites is 1. The highest BCUT2D eigenvalue weighted by atomic mass is 16.5. The van der Waals surface area contributed by atoms with Gasteiger partial charge in [-0.2, -0.15) is 5.10 Å². The quantitative estimate of drug-likeness (QED) is 0.610. The Bertz CT molecular complexity index is 945. The van der Waals surface area contributed by atoms with Crippen molar-refractivity contribution in [2.45, 2.75) is 0 Å². The second-order valence-corrected chi connectivity index (χ2v) is 4.70. The second-order valence-electron chi connectivity index (χ2n) is 4.70. The number of nitrogens with one attached hydrogen (secondary N) is 1. The molecule has 3 heterocycles. The Morgan fingerprint density at radius 3 is 2.81 bits per heavy atom. The number of benzene rings is 1. The highest BCUT2D eigenvalue weighted by molar-refractivity contribution is 5.93. The lowest BCUT2D eigenvalue weighted by molar-refractivity contribution is 0.403. The molecule has 0 radical (unpaired) electrons. The van der Waals surface area contributed by atoms with E-state index in [1.54, 1.807) is 13.3 Å². The second kappa shape index (κ2) is 4.56. The summed E-state index contributed by atoms with van der Waals surface area (Å²) in [5, 5.41) is 9.36. The Hall–Kier alpha value is -2.95. The fourth-order valence-electron chi connectivity index (χ4n) is 2.48. The molecule has 0 saturated heterocycles. The molecule has 3 aromatic heterocycles. The van der Waals surface area contributed by atoms with Gasteiger partial charge in [0.2, 0.25) is 5.88 Å². The lowest BCUT2D eigenvalue weighted by Gasteiger charge is -2.04. The Kier molecular flexibility index (Phi) is 2.57. The standard InChI is InChI=1S/C16H12N4O/c1-21-16-11-6-7-14(18-12(11)8-9-17-16)15-10-4-2-3-5-13(10)19-20-15/h2-9H,1H3,(H,19,20). The lowest BCUT2D eigenvalue weighted by Crippen LogP contribution is -1.91. The zero-order valence-electron chi connectivity index (χ0n) is 11.4. The van der Waals surface area contributed by atoms with Crippen LogP contribution in [0, 0.1) is 0 Å². The molecule has 102 valence electrons. The van der Waals surface area contributed by atoms with Crippen LogP contribution in [-0.4, -0.2) is 27.3 Å². The van der Waals surface area contributed by atoms with Gasteiger partial charge in [-0.1, -0.05) is 18.2 Å². The van der Waals surface area contributed by atoms with Crippen molar-refractivity contribution in [3.63, 3.8) is 0 Å². The molecule has 0 bridgehead atoms. The van der Waals surface area contributed by atoms with E-state index in [1.165, 1.54) is 0 Å². The molecule has 0 unspecified atom stereocenters. The first-order valence-corrected chi connectivity index (χ1v) is 6.60. The van der Waals surface area contributed by atoms with Gasteiger partial charge < -0.3 is 4.74 Å². The normalized spacial score (nSPS) is 11.1. The van der Waals surface area contributed by atoms with Crippen LogP contribution < -0.4 is 4.74 Å². The van der Waals surface area contributed by atoms with Gasteiger partial charge >= 0.3 is 0 Å². The fourth-order valence-corrected chi connectivity index (χ4v) is 2.48. The molecule has 0 atom stereocenters. The number of ether oxygens (including phenoxy) is 1. The van der Waals surface area contributed by atoms with E-state index < -0.39 is 0 Å². The molecule has 0 amide bonds. The topological polar surface area (TPSA) is 63.7 Å². The van der Waals surface area contributed by atoms with Gasteiger partial charge in [0.05, 0.1) is 29.2 Å². The Labute approximate surface area is 120 Å². The summed E-state index contributed by atoms with van der Waals surface area (Å²) in [5.41, 5.74) is 3.52. The minimum atomic E-state index is 0.582. The summed E-state index contributed by atoms with van der Waals surface area (Å²) >= 11 is 0. The number of hydrogen-bond donors (Lipinski definition) is 1. The molecule has 1 N–H and O–H groups in total. The molecule has 5 heteroatoms. The minimum absolute atomic E-state index is 0.582. The van der Waals surface area contributed by atoms with Crippen LogP contribution in [0.2, 0.25) is 0 Å². The van der Waals surface area contributed by atoms with Gasteiger partial charge in [-0.25, -0.2) is 9.97 Å². The van der Waals surface area contributed by atoms with Crippen molar-refractivity contribution < 1.29 is 4.74 Å². The van der Waals surface area contributed by atoms with Crippen molar-refractivity contribution in [2.24, 2.45) is 0 Å². The number of nitrogens with zero attached hydrogens (tertiary/aromatic N) is 3. The first kappa shape index (κ1) is 11.8. The third-order valence-corrected chi connectivity index (χ3v) is 3.49. The van der Waals surface area contributed by atoms with Gasteiger partial charge in [-0.3, -0.25) is 5.10 Å². The SMILES string of the molecule is COc1nccc2nc(-c3n[nH]c4ccccc34)ccc12. The molecule has 4 aromatic rings. The van der Waals surface area contributed by atoms with Gasteiger partial charge in [-0.15, -0.1) is 0 Å². The van der Waals surface area contributed by atoms with Crippen molar-refractivity contribution in [1.82, 2.24) is 20.2 Å². The number of aromatic nitrogens is 4. The maximum absolute atomic E-state index is 5.26. The maximum atomic E-state index is 5.26. The third-order valence-electron chi connectivity index (χ3n) is 3.49. The number of H-pyrrole nitrogens is 1. The monoisotopic (exact) mass is 276 g/mol. The van der Waals surface area contributed by atoms with Crippen LogP contribution in [0.3, 0.4) is 0 Å². The average molecular weight is 276 g/mol. The molecule has 0 aliphatic heterocycles. The number of fused-ring (bicyclic) bond motifs is 2. The van der Waals surface area contributed by atoms with Gasteiger partial charge in [0.1, 0.15) is 5.69 Å². The van der Waals surface area contributed by atoms with Crippen molar-refractivity contribution in [2.75, 3.05) is 7.11 Å². The van der Waals surface area contributed by atoms with E-state index in [0.717, 1.165) is 33.2 Å². The van der Waals surface area contributed by atoms with Crippen LogP contribution in [-0.2, 0) is 0 Å². The first-order chi connectivity index (χ1) is 10.4. The third kappa shape index (κ3) is 1.82. The summed E-state index contributed by atoms with van der Waals surface area (Å²) in [6.07, 6.45) is 1.70. The first-order valence-electron chi connectivity index (χ1n) is 6.60. The number of aromatic amines is 1. The van der Waals surface area contributed by atoms with Crippen LogP contribution in [0.1, 0.15) is 0 Å². The van der Waals surface area contributed by atoms with Crippen LogP contribution in [0.5, 0.6) is 5.88 Å². The van der Waals surface area contributed by atoms with Gasteiger partial charge in [0.15, 0.2) is 0 Å². The largest absolute Gasteiger partial charge is 0.481 e. The number of hydrogen-bond acceptors (Lipinski definition) is 4. The molecule has 0 saturated carbocycles. The van der Waals surface area contributed by atoms with Gasteiger partial charge in [0.25, 0.3) is 0 Å². The fraction of sp³-hybridized carbons (Fsp3) is 0.0625. The molecule has 1 aromatic carbocycles. The van der Waals surface area contributed by atoms with E-state index in [4.69, 9.17) is 4.74 Å². The van der Waals surface area contributed by atoms with Crippen LogP contribution in [0.25, 0.3) is 33.2 Å². The van der Waals surface area contributed by atoms with Crippen LogP contribution in [0.15, 0.2) is 48.7 Å².